The van der Waals surface area contributed by atoms with E-state index in [0.29, 0.717) is 0 Å². The Kier molecular flexibility index (Phi) is 6.73. The van der Waals surface area contributed by atoms with Crippen LogP contribution in [0.15, 0.2) is 38.2 Å². The number of halogens is 1. The molecule has 3 atom stereocenters. The maximum atomic E-state index is 13.2. The summed E-state index contributed by atoms with van der Waals surface area (Å²) in [6.07, 6.45) is 0.797. The fraction of sp³-hybridized carbons (Fsp3) is 0.545. The van der Waals surface area contributed by atoms with Crippen molar-refractivity contribution in [1.82, 2.24) is 4.90 Å². The lowest BCUT2D eigenvalue weighted by Gasteiger charge is -2.53. The monoisotopic (exact) mass is 542 g/mol. The Morgan fingerprint density at radius 3 is 2.66 bits per heavy atom. The average Bonchev–Trinajstić information content (AvgIpc) is 2.59. The summed E-state index contributed by atoms with van der Waals surface area (Å²) in [7, 11) is -1.93. The highest BCUT2D eigenvalue weighted by Gasteiger charge is 2.56. The van der Waals surface area contributed by atoms with Gasteiger partial charge in [-0.25, -0.2) is 4.99 Å². The third-order valence-electron chi connectivity index (χ3n) is 6.25. The van der Waals surface area contributed by atoms with Crippen molar-refractivity contribution < 1.29 is 9.22 Å². The van der Waals surface area contributed by atoms with Gasteiger partial charge in [-0.15, -0.1) is 0 Å². The van der Waals surface area contributed by atoms with Gasteiger partial charge in [0.2, 0.25) is 5.91 Å². The molecule has 1 aromatic rings. The first-order valence-corrected chi connectivity index (χ1v) is 15.0. The quantitative estimate of drug-likeness (QED) is 0.244. The van der Waals surface area contributed by atoms with E-state index < -0.39 is 8.32 Å². The van der Waals surface area contributed by atoms with Crippen LogP contribution in [0.3, 0.4) is 0 Å². The molecule has 0 saturated carbocycles. The number of hydrogen-bond acceptors (Lipinski definition) is 4. The molecule has 0 aromatic heterocycles. The van der Waals surface area contributed by atoms with Gasteiger partial charge in [0.25, 0.3) is 0 Å². The van der Waals surface area contributed by atoms with E-state index in [2.05, 4.69) is 86.5 Å². The summed E-state index contributed by atoms with van der Waals surface area (Å²) in [6.45, 7) is 15.4. The van der Waals surface area contributed by atoms with E-state index in [1.807, 2.05) is 17.0 Å². The fourth-order valence-corrected chi connectivity index (χ4v) is 6.69. The van der Waals surface area contributed by atoms with Gasteiger partial charge in [0.05, 0.1) is 23.8 Å². The van der Waals surface area contributed by atoms with Gasteiger partial charge in [0, 0.05) is 11.3 Å². The lowest BCUT2D eigenvalue weighted by molar-refractivity contribution is -0.154. The number of aliphatic imine (C=N–C) groups is 1. The molecule has 4 nitrogen and oxygen atoms in total. The van der Waals surface area contributed by atoms with Gasteiger partial charge in [-0.2, -0.15) is 0 Å². The SMILES string of the molecule is Cc1cccc(N=C2S/C(=C/I)C[C@@H]3[C@@H]([C@@H](C)O[Si](C)(C)C(C)(C)C)C(=O)N23)c1. The van der Waals surface area contributed by atoms with Crippen LogP contribution in [0.4, 0.5) is 5.69 Å². The van der Waals surface area contributed by atoms with Crippen LogP contribution in [-0.2, 0) is 9.22 Å². The van der Waals surface area contributed by atoms with Crippen molar-refractivity contribution in [3.63, 3.8) is 0 Å². The third-order valence-corrected chi connectivity index (χ3v) is 13.0. The van der Waals surface area contributed by atoms with Crippen molar-refractivity contribution in [3.8, 4) is 0 Å². The van der Waals surface area contributed by atoms with Crippen LogP contribution >= 0.6 is 34.4 Å². The van der Waals surface area contributed by atoms with Gasteiger partial charge in [-0.3, -0.25) is 9.69 Å². The number of carbonyl (C=O) groups excluding carboxylic acids is 1. The number of rotatable bonds is 4. The van der Waals surface area contributed by atoms with Gasteiger partial charge in [0.1, 0.15) is 0 Å². The Balaban J connectivity index is 1.85. The van der Waals surface area contributed by atoms with Crippen LogP contribution in [0.2, 0.25) is 18.1 Å². The minimum absolute atomic E-state index is 0.0802. The summed E-state index contributed by atoms with van der Waals surface area (Å²) in [4.78, 5) is 21.2. The topological polar surface area (TPSA) is 41.9 Å². The summed E-state index contributed by atoms with van der Waals surface area (Å²) in [6, 6.07) is 8.23. The molecule has 2 fully saturated rings. The van der Waals surface area contributed by atoms with Crippen molar-refractivity contribution >= 4 is 59.4 Å². The standard InChI is InChI=1S/C22H31IN2O2SSi/c1-14-9-8-10-16(11-14)24-21-25-18(12-17(13-23)28-21)19(20(25)26)15(2)27-29(6,7)22(3,4)5/h8-11,13,15,18-19H,12H2,1-7H3/b17-13+,24-21?/t15-,18-,19-/m1/s1. The average molecular weight is 543 g/mol. The number of β-lactam (4-membered cyclic amide) rings is 1. The van der Waals surface area contributed by atoms with Crippen molar-refractivity contribution in [2.75, 3.05) is 0 Å². The zero-order valence-electron chi connectivity index (χ0n) is 18.3. The molecular weight excluding hydrogens is 511 g/mol. The lowest BCUT2D eigenvalue weighted by atomic mass is 9.81. The normalized spacial score (nSPS) is 26.5. The Labute approximate surface area is 193 Å². The van der Waals surface area contributed by atoms with E-state index in [4.69, 9.17) is 9.42 Å². The largest absolute Gasteiger partial charge is 0.413 e. The van der Waals surface area contributed by atoms with Crippen LogP contribution in [0.1, 0.15) is 39.7 Å². The number of amides is 1. The van der Waals surface area contributed by atoms with E-state index in [0.717, 1.165) is 22.8 Å². The van der Waals surface area contributed by atoms with Crippen molar-refractivity contribution in [2.45, 2.75) is 71.3 Å². The summed E-state index contributed by atoms with van der Waals surface area (Å²) in [5.74, 6) is 0.0479. The molecule has 29 heavy (non-hydrogen) atoms. The Morgan fingerprint density at radius 2 is 2.07 bits per heavy atom. The second-order valence-electron chi connectivity index (χ2n) is 9.50. The molecule has 2 aliphatic heterocycles. The molecule has 0 unspecified atom stereocenters. The molecule has 0 radical (unpaired) electrons. The minimum Gasteiger partial charge on any atom is -0.413 e. The van der Waals surface area contributed by atoms with Crippen molar-refractivity contribution in [3.05, 3.63) is 38.8 Å². The van der Waals surface area contributed by atoms with Gasteiger partial charge >= 0.3 is 0 Å². The maximum Gasteiger partial charge on any atom is 0.236 e. The Hall–Kier alpha value is -0.643. The zero-order chi connectivity index (χ0) is 21.6. The van der Waals surface area contributed by atoms with Crippen LogP contribution in [0.5, 0.6) is 0 Å². The Morgan fingerprint density at radius 1 is 1.38 bits per heavy atom. The lowest BCUT2D eigenvalue weighted by Crippen LogP contribution is -2.68. The number of carbonyl (C=O) groups is 1. The summed E-state index contributed by atoms with van der Waals surface area (Å²) in [5.41, 5.74) is 2.06. The molecule has 0 N–H and O–H groups in total. The van der Waals surface area contributed by atoms with Crippen molar-refractivity contribution in [2.24, 2.45) is 10.9 Å². The molecule has 2 aliphatic rings. The van der Waals surface area contributed by atoms with E-state index in [9.17, 15) is 4.79 Å². The molecule has 7 heteroatoms. The third kappa shape index (κ3) is 4.67. The highest BCUT2D eigenvalue weighted by molar-refractivity contribution is 14.1. The molecule has 1 aromatic carbocycles. The number of nitrogens with zero attached hydrogens (tertiary/aromatic N) is 2. The number of fused-ring (bicyclic) bond motifs is 1. The molecule has 1 amide bonds. The molecule has 0 spiro atoms. The van der Waals surface area contributed by atoms with Crippen LogP contribution < -0.4 is 0 Å². The van der Waals surface area contributed by atoms with E-state index in [1.165, 1.54) is 4.91 Å². The molecule has 2 saturated heterocycles. The molecular formula is C22H31IN2O2SSi. The minimum atomic E-state index is -1.93. The second kappa shape index (κ2) is 8.47. The maximum absolute atomic E-state index is 13.2. The number of aryl methyl sites for hydroxylation is 1. The zero-order valence-corrected chi connectivity index (χ0v) is 22.3. The first kappa shape index (κ1) is 23.0. The van der Waals surface area contributed by atoms with E-state index in [1.54, 1.807) is 11.8 Å². The molecule has 0 aliphatic carbocycles. The van der Waals surface area contributed by atoms with E-state index in [-0.39, 0.29) is 29.0 Å². The van der Waals surface area contributed by atoms with Gasteiger partial charge in [0.15, 0.2) is 13.5 Å². The molecule has 2 heterocycles. The van der Waals surface area contributed by atoms with Crippen LogP contribution in [0.25, 0.3) is 0 Å². The number of hydrogen-bond donors (Lipinski definition) is 0. The number of benzene rings is 1. The first-order chi connectivity index (χ1) is 13.4. The van der Waals surface area contributed by atoms with Gasteiger partial charge in [-0.1, -0.05) is 67.3 Å². The fourth-order valence-electron chi connectivity index (χ4n) is 3.62. The highest BCUT2D eigenvalue weighted by atomic mass is 127. The molecule has 3 rings (SSSR count). The number of amidine groups is 1. The van der Waals surface area contributed by atoms with Gasteiger partial charge < -0.3 is 4.43 Å². The predicted molar refractivity (Wildman–Crippen MR) is 134 cm³/mol. The Bertz CT molecular complexity index is 863. The summed E-state index contributed by atoms with van der Waals surface area (Å²) < 4.78 is 8.70. The summed E-state index contributed by atoms with van der Waals surface area (Å²) >= 11 is 3.90. The highest BCUT2D eigenvalue weighted by Crippen LogP contribution is 2.47. The second-order valence-corrected chi connectivity index (χ2v) is 16.0. The number of thioether (sulfide) groups is 1. The molecule has 0 bridgehead atoms. The van der Waals surface area contributed by atoms with Gasteiger partial charge in [-0.05, 0) is 53.8 Å². The van der Waals surface area contributed by atoms with E-state index >= 15 is 0 Å². The molecule has 158 valence electrons. The summed E-state index contributed by atoms with van der Waals surface area (Å²) in [5, 5.41) is 0.914. The van der Waals surface area contributed by atoms with Crippen LogP contribution in [-0.4, -0.2) is 36.4 Å². The van der Waals surface area contributed by atoms with Crippen molar-refractivity contribution in [1.29, 1.82) is 0 Å². The predicted octanol–water partition coefficient (Wildman–Crippen LogP) is 6.63. The first-order valence-electron chi connectivity index (χ1n) is 10.1. The smallest absolute Gasteiger partial charge is 0.236 e. The van der Waals surface area contributed by atoms with Crippen LogP contribution in [0, 0.1) is 12.8 Å².